The highest BCUT2D eigenvalue weighted by molar-refractivity contribution is 6.35. The fourth-order valence-electron chi connectivity index (χ4n) is 7.27. The molecule has 3 aromatic carbocycles. The maximum Gasteiger partial charge on any atom is 0.410 e. The zero-order chi connectivity index (χ0) is 32.3. The quantitative estimate of drug-likeness (QED) is 0.223. The minimum atomic E-state index is -0.667. The van der Waals surface area contributed by atoms with E-state index >= 15 is 8.78 Å². The van der Waals surface area contributed by atoms with Crippen LogP contribution in [0.5, 0.6) is 6.01 Å². The monoisotopic (exact) mass is 649 g/mol. The Morgan fingerprint density at radius 3 is 2.43 bits per heavy atom. The minimum Gasteiger partial charge on any atom is -0.462 e. The molecule has 11 heteroatoms. The van der Waals surface area contributed by atoms with Crippen molar-refractivity contribution < 1.29 is 23.0 Å². The van der Waals surface area contributed by atoms with Crippen LogP contribution in [-0.2, 0) is 4.74 Å². The van der Waals surface area contributed by atoms with Gasteiger partial charge >= 0.3 is 12.1 Å². The number of amides is 1. The van der Waals surface area contributed by atoms with Gasteiger partial charge in [-0.2, -0.15) is 9.97 Å². The van der Waals surface area contributed by atoms with E-state index in [0.717, 1.165) is 32.2 Å². The lowest BCUT2D eigenvalue weighted by Gasteiger charge is -2.42. The van der Waals surface area contributed by atoms with Gasteiger partial charge in [0.15, 0.2) is 5.82 Å². The molecule has 4 heterocycles. The van der Waals surface area contributed by atoms with Crippen molar-refractivity contribution in [1.29, 1.82) is 0 Å². The van der Waals surface area contributed by atoms with E-state index in [1.165, 1.54) is 6.07 Å². The SMILES string of the molecule is CN1CCC[C@H]1COc1nc(N2CC3CCC(C2)N3C(=O)OC(C)(C)C)c2cc(Cl)c(-c3cccc4cccc(F)c34)c(F)c2n1. The highest BCUT2D eigenvalue weighted by Gasteiger charge is 2.45. The van der Waals surface area contributed by atoms with E-state index in [1.807, 2.05) is 25.7 Å². The summed E-state index contributed by atoms with van der Waals surface area (Å²) in [7, 11) is 2.06. The maximum atomic E-state index is 16.8. The summed E-state index contributed by atoms with van der Waals surface area (Å²) in [6, 6.07) is 11.7. The smallest absolute Gasteiger partial charge is 0.410 e. The highest BCUT2D eigenvalue weighted by Crippen LogP contribution is 2.43. The molecule has 0 radical (unpaired) electrons. The third-order valence-electron chi connectivity index (χ3n) is 9.43. The average Bonchev–Trinajstić information content (AvgIpc) is 3.53. The Bertz CT molecular complexity index is 1810. The summed E-state index contributed by atoms with van der Waals surface area (Å²) in [5, 5.41) is 1.49. The topological polar surface area (TPSA) is 71.0 Å². The molecule has 7 rings (SSSR count). The summed E-state index contributed by atoms with van der Waals surface area (Å²) < 4.78 is 43.9. The number of fused-ring (bicyclic) bond motifs is 4. The summed E-state index contributed by atoms with van der Waals surface area (Å²) in [5.74, 6) is -0.632. The average molecular weight is 650 g/mol. The number of benzene rings is 3. The molecular weight excluding hydrogens is 612 g/mol. The fourth-order valence-corrected chi connectivity index (χ4v) is 7.56. The Morgan fingerprint density at radius 2 is 1.76 bits per heavy atom. The molecule has 3 aliphatic heterocycles. The number of ether oxygens (including phenoxy) is 2. The number of anilines is 1. The lowest BCUT2D eigenvalue weighted by Crippen LogP contribution is -2.57. The highest BCUT2D eigenvalue weighted by atomic mass is 35.5. The summed E-state index contributed by atoms with van der Waals surface area (Å²) in [4.78, 5) is 28.7. The van der Waals surface area contributed by atoms with Gasteiger partial charge in [-0.15, -0.1) is 0 Å². The van der Waals surface area contributed by atoms with Crippen molar-refractivity contribution >= 4 is 45.2 Å². The number of rotatable bonds is 5. The number of carbonyl (C=O) groups is 1. The number of likely N-dealkylation sites (N-methyl/N-ethyl adjacent to an activating group) is 1. The van der Waals surface area contributed by atoms with Crippen molar-refractivity contribution in [2.24, 2.45) is 0 Å². The second-order valence-electron chi connectivity index (χ2n) is 13.7. The zero-order valence-corrected chi connectivity index (χ0v) is 27.3. The first-order chi connectivity index (χ1) is 22.0. The minimum absolute atomic E-state index is 0.0504. The van der Waals surface area contributed by atoms with Crippen molar-refractivity contribution in [1.82, 2.24) is 19.8 Å². The van der Waals surface area contributed by atoms with Crippen molar-refractivity contribution in [3.8, 4) is 17.1 Å². The van der Waals surface area contributed by atoms with Gasteiger partial charge < -0.3 is 19.3 Å². The van der Waals surface area contributed by atoms with Gasteiger partial charge in [-0.05, 0) is 83.1 Å². The number of halogens is 3. The predicted octanol–water partition coefficient (Wildman–Crippen LogP) is 7.44. The summed E-state index contributed by atoms with van der Waals surface area (Å²) in [6.07, 6.45) is 3.41. The third-order valence-corrected chi connectivity index (χ3v) is 9.73. The van der Waals surface area contributed by atoms with E-state index in [1.54, 1.807) is 36.4 Å². The van der Waals surface area contributed by atoms with Gasteiger partial charge in [0, 0.05) is 35.5 Å². The van der Waals surface area contributed by atoms with E-state index in [2.05, 4.69) is 21.8 Å². The number of aromatic nitrogens is 2. The molecule has 0 saturated carbocycles. The van der Waals surface area contributed by atoms with Crippen LogP contribution < -0.4 is 9.64 Å². The van der Waals surface area contributed by atoms with Gasteiger partial charge in [0.1, 0.15) is 29.4 Å². The standard InChI is InChI=1S/C35H38ClF2N5O3/c1-35(2,3)46-34(44)43-21-13-14-22(43)18-42(17-21)32-25-16-26(36)29(24-11-5-8-20-9-6-12-27(37)28(20)24)30(38)31(25)39-33(40-32)45-19-23-10-7-15-41(23)4/h5-6,8-9,11-12,16,21-23H,7,10,13-15,17-19H2,1-4H3/t21?,22?,23-/m0/s1. The third kappa shape index (κ3) is 5.59. The number of hydrogen-bond acceptors (Lipinski definition) is 7. The molecule has 3 fully saturated rings. The normalized spacial score (nSPS) is 21.8. The van der Waals surface area contributed by atoms with Crippen LogP contribution in [0.15, 0.2) is 42.5 Å². The number of piperazine rings is 1. The molecule has 2 bridgehead atoms. The van der Waals surface area contributed by atoms with Crippen LogP contribution in [0.4, 0.5) is 19.4 Å². The fraction of sp³-hybridized carbons (Fsp3) is 0.457. The van der Waals surface area contributed by atoms with Crippen LogP contribution in [0.1, 0.15) is 46.5 Å². The van der Waals surface area contributed by atoms with Crippen LogP contribution in [0.3, 0.4) is 0 Å². The molecule has 46 heavy (non-hydrogen) atoms. The summed E-state index contributed by atoms with van der Waals surface area (Å²) >= 11 is 6.86. The van der Waals surface area contributed by atoms with Crippen LogP contribution in [0.2, 0.25) is 5.02 Å². The van der Waals surface area contributed by atoms with Gasteiger partial charge in [-0.3, -0.25) is 4.90 Å². The van der Waals surface area contributed by atoms with E-state index in [0.29, 0.717) is 41.9 Å². The van der Waals surface area contributed by atoms with Gasteiger partial charge in [-0.25, -0.2) is 13.6 Å². The Morgan fingerprint density at radius 1 is 1.04 bits per heavy atom. The van der Waals surface area contributed by atoms with Gasteiger partial charge in [0.05, 0.1) is 17.1 Å². The van der Waals surface area contributed by atoms with Gasteiger partial charge in [0.2, 0.25) is 0 Å². The number of likely N-dealkylation sites (tertiary alicyclic amines) is 1. The molecule has 0 spiro atoms. The largest absolute Gasteiger partial charge is 0.462 e. The van der Waals surface area contributed by atoms with Crippen molar-refractivity contribution in [3.63, 3.8) is 0 Å². The Hall–Kier alpha value is -3.76. The molecule has 8 nitrogen and oxygen atoms in total. The van der Waals surface area contributed by atoms with Crippen molar-refractivity contribution in [2.75, 3.05) is 38.2 Å². The molecule has 2 unspecified atom stereocenters. The Balaban J connectivity index is 1.32. The van der Waals surface area contributed by atoms with Crippen LogP contribution in [0, 0.1) is 11.6 Å². The van der Waals surface area contributed by atoms with E-state index in [9.17, 15) is 4.79 Å². The molecule has 1 aromatic heterocycles. The lowest BCUT2D eigenvalue weighted by atomic mass is 9.96. The van der Waals surface area contributed by atoms with E-state index in [4.69, 9.17) is 26.1 Å². The Kier molecular flexibility index (Phi) is 7.92. The van der Waals surface area contributed by atoms with Gasteiger partial charge in [0.25, 0.3) is 0 Å². The predicted molar refractivity (Wildman–Crippen MR) is 176 cm³/mol. The molecule has 3 atom stereocenters. The van der Waals surface area contributed by atoms with E-state index < -0.39 is 17.2 Å². The summed E-state index contributed by atoms with van der Waals surface area (Å²) in [5.41, 5.74) is -0.130. The Labute approximate surface area is 272 Å². The number of hydrogen-bond donors (Lipinski definition) is 0. The van der Waals surface area contributed by atoms with Crippen LogP contribution >= 0.6 is 11.6 Å². The second-order valence-corrected chi connectivity index (χ2v) is 14.1. The molecule has 0 N–H and O–H groups in total. The van der Waals surface area contributed by atoms with Gasteiger partial charge in [-0.1, -0.05) is 41.9 Å². The van der Waals surface area contributed by atoms with Crippen molar-refractivity contribution in [2.45, 2.75) is 70.2 Å². The van der Waals surface area contributed by atoms with Crippen molar-refractivity contribution in [3.05, 3.63) is 59.1 Å². The number of nitrogens with zero attached hydrogens (tertiary/aromatic N) is 5. The summed E-state index contributed by atoms with van der Waals surface area (Å²) in [6.45, 7) is 7.92. The molecule has 1 amide bonds. The molecular formula is C35H38ClF2N5O3. The maximum absolute atomic E-state index is 16.8. The number of carbonyl (C=O) groups excluding carboxylic acids is 1. The van der Waals surface area contributed by atoms with Crippen LogP contribution in [-0.4, -0.2) is 82.9 Å². The molecule has 0 aliphatic carbocycles. The molecule has 4 aromatic rings. The zero-order valence-electron chi connectivity index (χ0n) is 26.5. The molecule has 3 aliphatic rings. The first-order valence-corrected chi connectivity index (χ1v) is 16.3. The van der Waals surface area contributed by atoms with E-state index in [-0.39, 0.29) is 51.7 Å². The lowest BCUT2D eigenvalue weighted by molar-refractivity contribution is 0.0122. The second kappa shape index (κ2) is 11.8. The first kappa shape index (κ1) is 30.9. The molecule has 242 valence electrons. The van der Waals surface area contributed by atoms with Crippen LogP contribution in [0.25, 0.3) is 32.8 Å². The first-order valence-electron chi connectivity index (χ1n) is 15.9. The molecule has 3 saturated heterocycles.